The van der Waals surface area contributed by atoms with Gasteiger partial charge in [0.05, 0.1) is 5.71 Å². The molecule has 2 nitrogen and oxygen atoms in total. The third kappa shape index (κ3) is 1.54. The smallest absolute Gasteiger partial charge is 0.0843 e. The summed E-state index contributed by atoms with van der Waals surface area (Å²) in [6.45, 7) is 1.81. The van der Waals surface area contributed by atoms with Gasteiger partial charge in [-0.25, -0.2) is 0 Å². The molecule has 18 heavy (non-hydrogen) atoms. The Morgan fingerprint density at radius 3 is 2.44 bits per heavy atom. The summed E-state index contributed by atoms with van der Waals surface area (Å²) >= 11 is 0. The highest BCUT2D eigenvalue weighted by atomic mass is 16.4. The molecule has 3 rings (SSSR count). The summed E-state index contributed by atoms with van der Waals surface area (Å²) in [5.41, 5.74) is 1.61. The lowest BCUT2D eigenvalue weighted by Gasteiger charge is -2.08. The zero-order valence-electron chi connectivity index (χ0n) is 10.1. The molecule has 0 fully saturated rings. The molecule has 0 aromatic heterocycles. The minimum atomic E-state index is 0.635. The zero-order chi connectivity index (χ0) is 12.5. The predicted molar refractivity (Wildman–Crippen MR) is 75.5 cm³/mol. The molecule has 0 amide bonds. The topological polar surface area (TPSA) is 32.6 Å². The fourth-order valence-corrected chi connectivity index (χ4v) is 2.41. The zero-order valence-corrected chi connectivity index (χ0v) is 10.1. The van der Waals surface area contributed by atoms with Gasteiger partial charge in [0.25, 0.3) is 0 Å². The summed E-state index contributed by atoms with van der Waals surface area (Å²) < 4.78 is 0. The third-order valence-corrected chi connectivity index (χ3v) is 3.33. The molecule has 0 spiro atoms. The van der Waals surface area contributed by atoms with Crippen LogP contribution in [0.1, 0.15) is 12.5 Å². The van der Waals surface area contributed by atoms with Gasteiger partial charge >= 0.3 is 0 Å². The van der Waals surface area contributed by atoms with Crippen molar-refractivity contribution in [1.82, 2.24) is 0 Å². The fraction of sp³-hybridized carbons (Fsp3) is 0.0625. The lowest BCUT2D eigenvalue weighted by Crippen LogP contribution is -1.95. The number of hydrogen-bond donors (Lipinski definition) is 1. The second kappa shape index (κ2) is 4.15. The standard InChI is InChI=1S/C16H13NO/c1-11(17-18)13-7-4-8-15-14-6-3-2-5-12(14)9-10-16(13)15/h2-10,18H,1H3. The van der Waals surface area contributed by atoms with Gasteiger partial charge in [-0.3, -0.25) is 0 Å². The molecule has 88 valence electrons. The van der Waals surface area contributed by atoms with Crippen LogP contribution in [-0.2, 0) is 0 Å². The monoisotopic (exact) mass is 235 g/mol. The van der Waals surface area contributed by atoms with Crippen LogP contribution in [-0.4, -0.2) is 10.9 Å². The van der Waals surface area contributed by atoms with Crippen LogP contribution in [0.15, 0.2) is 59.8 Å². The highest BCUT2D eigenvalue weighted by Crippen LogP contribution is 2.27. The molecular weight excluding hydrogens is 222 g/mol. The summed E-state index contributed by atoms with van der Waals surface area (Å²) in [6, 6.07) is 18.6. The summed E-state index contributed by atoms with van der Waals surface area (Å²) in [5, 5.41) is 17.0. The van der Waals surface area contributed by atoms with E-state index in [1.807, 2.05) is 31.2 Å². The minimum Gasteiger partial charge on any atom is -0.411 e. The van der Waals surface area contributed by atoms with E-state index < -0.39 is 0 Å². The van der Waals surface area contributed by atoms with Gasteiger partial charge in [0, 0.05) is 5.56 Å². The van der Waals surface area contributed by atoms with Crippen molar-refractivity contribution in [2.45, 2.75) is 6.92 Å². The highest BCUT2D eigenvalue weighted by Gasteiger charge is 2.06. The Morgan fingerprint density at radius 1 is 0.833 bits per heavy atom. The normalized spacial score (nSPS) is 12.2. The van der Waals surface area contributed by atoms with Gasteiger partial charge in [0.2, 0.25) is 0 Å². The van der Waals surface area contributed by atoms with Crippen LogP contribution in [0, 0.1) is 0 Å². The summed E-state index contributed by atoms with van der Waals surface area (Å²) in [5.74, 6) is 0. The van der Waals surface area contributed by atoms with Gasteiger partial charge in [-0.05, 0) is 28.5 Å². The Hall–Kier alpha value is -2.35. The molecule has 0 radical (unpaired) electrons. The summed E-state index contributed by atoms with van der Waals surface area (Å²) in [6.07, 6.45) is 0. The molecule has 3 aromatic carbocycles. The molecular formula is C16H13NO. The molecule has 0 saturated heterocycles. The summed E-state index contributed by atoms with van der Waals surface area (Å²) in [4.78, 5) is 0. The van der Waals surface area contributed by atoms with E-state index in [1.165, 1.54) is 16.2 Å². The first-order valence-corrected chi connectivity index (χ1v) is 5.91. The van der Waals surface area contributed by atoms with Crippen LogP contribution in [0.5, 0.6) is 0 Å². The van der Waals surface area contributed by atoms with Crippen molar-refractivity contribution < 1.29 is 5.21 Å². The number of nitrogens with zero attached hydrogens (tertiary/aromatic N) is 1. The average Bonchev–Trinajstić information content (AvgIpc) is 2.45. The molecule has 0 heterocycles. The van der Waals surface area contributed by atoms with E-state index >= 15 is 0 Å². The Morgan fingerprint density at radius 2 is 1.61 bits per heavy atom. The first-order valence-electron chi connectivity index (χ1n) is 5.91. The quantitative estimate of drug-likeness (QED) is 0.291. The molecule has 0 aliphatic rings. The second-order valence-electron chi connectivity index (χ2n) is 4.37. The number of benzene rings is 3. The molecule has 0 saturated carbocycles. The number of hydrogen-bond acceptors (Lipinski definition) is 2. The van der Waals surface area contributed by atoms with Crippen molar-refractivity contribution in [3.05, 3.63) is 60.2 Å². The lowest BCUT2D eigenvalue weighted by molar-refractivity contribution is 0.319. The molecule has 2 heteroatoms. The molecule has 0 aliphatic heterocycles. The van der Waals surface area contributed by atoms with E-state index in [4.69, 9.17) is 5.21 Å². The highest BCUT2D eigenvalue weighted by molar-refractivity contribution is 6.16. The SMILES string of the molecule is CC(=NO)c1cccc2c1ccc1ccccc12. The maximum absolute atomic E-state index is 8.95. The van der Waals surface area contributed by atoms with Crippen molar-refractivity contribution >= 4 is 27.3 Å². The van der Waals surface area contributed by atoms with Gasteiger partial charge in [-0.1, -0.05) is 59.8 Å². The largest absolute Gasteiger partial charge is 0.411 e. The lowest BCUT2D eigenvalue weighted by atomic mass is 9.97. The fourth-order valence-electron chi connectivity index (χ4n) is 2.41. The van der Waals surface area contributed by atoms with Crippen molar-refractivity contribution in [3.8, 4) is 0 Å². The van der Waals surface area contributed by atoms with Crippen molar-refractivity contribution in [1.29, 1.82) is 0 Å². The van der Waals surface area contributed by atoms with E-state index in [-0.39, 0.29) is 0 Å². The van der Waals surface area contributed by atoms with Crippen LogP contribution in [0.3, 0.4) is 0 Å². The third-order valence-electron chi connectivity index (χ3n) is 3.33. The Bertz CT molecular complexity index is 759. The number of fused-ring (bicyclic) bond motifs is 3. The van der Waals surface area contributed by atoms with Gasteiger partial charge in [0.15, 0.2) is 0 Å². The van der Waals surface area contributed by atoms with E-state index in [9.17, 15) is 0 Å². The molecule has 0 atom stereocenters. The first kappa shape index (κ1) is 10.8. The van der Waals surface area contributed by atoms with Crippen LogP contribution in [0.25, 0.3) is 21.5 Å². The van der Waals surface area contributed by atoms with Gasteiger partial charge in [-0.2, -0.15) is 0 Å². The summed E-state index contributed by atoms with van der Waals surface area (Å²) in [7, 11) is 0. The molecule has 3 aromatic rings. The Balaban J connectivity index is 2.47. The van der Waals surface area contributed by atoms with Gasteiger partial charge in [-0.15, -0.1) is 0 Å². The first-order chi connectivity index (χ1) is 8.81. The molecule has 0 unspecified atom stereocenters. The van der Waals surface area contributed by atoms with Gasteiger partial charge in [0.1, 0.15) is 0 Å². The molecule has 0 bridgehead atoms. The number of rotatable bonds is 1. The van der Waals surface area contributed by atoms with Gasteiger partial charge < -0.3 is 5.21 Å². The maximum Gasteiger partial charge on any atom is 0.0843 e. The van der Waals surface area contributed by atoms with Crippen molar-refractivity contribution in [2.24, 2.45) is 5.16 Å². The van der Waals surface area contributed by atoms with Crippen LogP contribution >= 0.6 is 0 Å². The minimum absolute atomic E-state index is 0.635. The Labute approximate surface area is 105 Å². The predicted octanol–water partition coefficient (Wildman–Crippen LogP) is 4.19. The maximum atomic E-state index is 8.95. The average molecular weight is 235 g/mol. The number of oxime groups is 1. The van der Waals surface area contributed by atoms with Crippen LogP contribution in [0.2, 0.25) is 0 Å². The second-order valence-corrected chi connectivity index (χ2v) is 4.37. The van der Waals surface area contributed by atoms with E-state index in [1.54, 1.807) is 0 Å². The van der Waals surface area contributed by atoms with Crippen molar-refractivity contribution in [2.75, 3.05) is 0 Å². The van der Waals surface area contributed by atoms with Crippen molar-refractivity contribution in [3.63, 3.8) is 0 Å². The van der Waals surface area contributed by atoms with E-state index in [0.29, 0.717) is 5.71 Å². The molecule has 1 N–H and O–H groups in total. The van der Waals surface area contributed by atoms with Crippen LogP contribution < -0.4 is 0 Å². The Kier molecular flexibility index (Phi) is 2.49. The van der Waals surface area contributed by atoms with E-state index in [0.717, 1.165) is 10.9 Å². The van der Waals surface area contributed by atoms with E-state index in [2.05, 4.69) is 35.5 Å². The molecule has 0 aliphatic carbocycles. The van der Waals surface area contributed by atoms with Crippen LogP contribution in [0.4, 0.5) is 0 Å².